The van der Waals surface area contributed by atoms with Crippen LogP contribution in [0.1, 0.15) is 44.1 Å². The maximum Gasteiger partial charge on any atom is 0.155 e. The molecule has 2 heterocycles. The van der Waals surface area contributed by atoms with Crippen LogP contribution >= 0.6 is 0 Å². The molecule has 23 heavy (non-hydrogen) atoms. The van der Waals surface area contributed by atoms with Crippen LogP contribution in [0.15, 0.2) is 30.3 Å². The van der Waals surface area contributed by atoms with Crippen molar-refractivity contribution in [2.75, 3.05) is 39.3 Å². The third kappa shape index (κ3) is 5.91. The molecular weight excluding hydrogens is 284 g/mol. The Labute approximate surface area is 141 Å². The lowest BCUT2D eigenvalue weighted by Gasteiger charge is -2.31. The smallest absolute Gasteiger partial charge is 0.155 e. The Morgan fingerprint density at radius 2 is 1.26 bits per heavy atom. The first-order valence-corrected chi connectivity index (χ1v) is 9.73. The maximum atomic E-state index is 6.39. The van der Waals surface area contributed by atoms with Crippen LogP contribution in [-0.4, -0.2) is 45.4 Å². The number of benzene rings is 1. The molecular formula is C20H34N2O+2. The molecule has 0 spiro atoms. The first-order chi connectivity index (χ1) is 11.4. The molecule has 2 aliphatic heterocycles. The summed E-state index contributed by atoms with van der Waals surface area (Å²) in [5.74, 6) is 0. The van der Waals surface area contributed by atoms with Crippen LogP contribution in [0, 0.1) is 0 Å². The first-order valence-electron chi connectivity index (χ1n) is 9.73. The number of hydrogen-bond donors (Lipinski definition) is 2. The minimum Gasteiger partial charge on any atom is -0.362 e. The van der Waals surface area contributed by atoms with Gasteiger partial charge in [-0.3, -0.25) is 0 Å². The van der Waals surface area contributed by atoms with E-state index in [1.54, 1.807) is 9.80 Å². The quantitative estimate of drug-likeness (QED) is 0.758. The van der Waals surface area contributed by atoms with Gasteiger partial charge in [-0.2, -0.15) is 0 Å². The third-order valence-electron chi connectivity index (χ3n) is 5.48. The van der Waals surface area contributed by atoms with E-state index in [1.165, 1.54) is 83.4 Å². The molecule has 0 atom stereocenters. The highest BCUT2D eigenvalue weighted by atomic mass is 16.5. The number of rotatable bonds is 7. The van der Waals surface area contributed by atoms with Gasteiger partial charge in [-0.05, 0) is 44.1 Å². The zero-order valence-electron chi connectivity index (χ0n) is 14.6. The minimum atomic E-state index is 0.413. The Hall–Kier alpha value is -0.900. The molecule has 0 amide bonds. The highest BCUT2D eigenvalue weighted by molar-refractivity contribution is 5.13. The van der Waals surface area contributed by atoms with E-state index in [0.717, 1.165) is 6.61 Å². The van der Waals surface area contributed by atoms with Crippen LogP contribution in [0.5, 0.6) is 0 Å². The fourth-order valence-electron chi connectivity index (χ4n) is 4.13. The van der Waals surface area contributed by atoms with Crippen molar-refractivity contribution < 1.29 is 14.5 Å². The Morgan fingerprint density at radius 3 is 1.78 bits per heavy atom. The first kappa shape index (κ1) is 16.9. The van der Waals surface area contributed by atoms with Gasteiger partial charge in [-0.15, -0.1) is 0 Å². The fraction of sp³-hybridized carbons (Fsp3) is 0.700. The predicted molar refractivity (Wildman–Crippen MR) is 93.8 cm³/mol. The van der Waals surface area contributed by atoms with Gasteiger partial charge in [-0.1, -0.05) is 30.3 Å². The number of piperidine rings is 2. The average Bonchev–Trinajstić information content (AvgIpc) is 2.62. The number of ether oxygens (including phenoxy) is 1. The van der Waals surface area contributed by atoms with E-state index in [0.29, 0.717) is 6.10 Å². The summed E-state index contributed by atoms with van der Waals surface area (Å²) in [4.78, 5) is 3.54. The van der Waals surface area contributed by atoms with Gasteiger partial charge < -0.3 is 14.5 Å². The topological polar surface area (TPSA) is 18.1 Å². The normalized spacial score (nSPS) is 20.9. The van der Waals surface area contributed by atoms with Crippen LogP contribution in [0.2, 0.25) is 0 Å². The summed E-state index contributed by atoms with van der Waals surface area (Å²) in [6.45, 7) is 8.57. The molecule has 0 aromatic heterocycles. The monoisotopic (exact) mass is 318 g/mol. The molecule has 0 bridgehead atoms. The Bertz CT molecular complexity index is 405. The van der Waals surface area contributed by atoms with Crippen molar-refractivity contribution in [1.82, 2.24) is 0 Å². The zero-order valence-corrected chi connectivity index (χ0v) is 14.6. The van der Waals surface area contributed by atoms with Crippen LogP contribution in [-0.2, 0) is 11.3 Å². The SMILES string of the molecule is c1ccc(COC(C[NH+]2CCCCC2)C[NH+]2CCCCC2)cc1. The molecule has 1 aromatic carbocycles. The molecule has 0 aliphatic carbocycles. The van der Waals surface area contributed by atoms with Crippen LogP contribution < -0.4 is 9.80 Å². The Kier molecular flexibility index (Phi) is 6.93. The number of quaternary nitrogens is 2. The lowest BCUT2D eigenvalue weighted by molar-refractivity contribution is -0.929. The van der Waals surface area contributed by atoms with Gasteiger partial charge in [0.1, 0.15) is 13.1 Å². The molecule has 1 aromatic rings. The summed E-state index contributed by atoms with van der Waals surface area (Å²) in [6.07, 6.45) is 8.87. The molecule has 2 N–H and O–H groups in total. The second-order valence-corrected chi connectivity index (χ2v) is 7.45. The van der Waals surface area contributed by atoms with Crippen molar-refractivity contribution in [1.29, 1.82) is 0 Å². The highest BCUT2D eigenvalue weighted by Crippen LogP contribution is 2.03. The van der Waals surface area contributed by atoms with Crippen molar-refractivity contribution in [3.05, 3.63) is 35.9 Å². The van der Waals surface area contributed by atoms with Gasteiger partial charge in [-0.25, -0.2) is 0 Å². The molecule has 0 saturated carbocycles. The Morgan fingerprint density at radius 1 is 0.739 bits per heavy atom. The predicted octanol–water partition coefficient (Wildman–Crippen LogP) is 0.709. The number of nitrogens with one attached hydrogen (secondary N) is 2. The fourth-order valence-corrected chi connectivity index (χ4v) is 4.13. The van der Waals surface area contributed by atoms with Crippen molar-refractivity contribution >= 4 is 0 Å². The summed E-state index contributed by atoms with van der Waals surface area (Å²) in [6, 6.07) is 10.7. The lowest BCUT2D eigenvalue weighted by Crippen LogP contribution is -3.17. The molecule has 3 rings (SSSR count). The molecule has 3 nitrogen and oxygen atoms in total. The van der Waals surface area contributed by atoms with E-state index in [9.17, 15) is 0 Å². The molecule has 2 fully saturated rings. The summed E-state index contributed by atoms with van der Waals surface area (Å²) >= 11 is 0. The second kappa shape index (κ2) is 9.41. The van der Waals surface area contributed by atoms with E-state index >= 15 is 0 Å². The minimum absolute atomic E-state index is 0.413. The molecule has 0 unspecified atom stereocenters. The van der Waals surface area contributed by atoms with Gasteiger partial charge in [0, 0.05) is 0 Å². The van der Waals surface area contributed by atoms with Crippen LogP contribution in [0.25, 0.3) is 0 Å². The second-order valence-electron chi connectivity index (χ2n) is 7.45. The van der Waals surface area contributed by atoms with E-state index in [-0.39, 0.29) is 0 Å². The van der Waals surface area contributed by atoms with E-state index in [2.05, 4.69) is 30.3 Å². The largest absolute Gasteiger partial charge is 0.362 e. The van der Waals surface area contributed by atoms with Gasteiger partial charge in [0.2, 0.25) is 0 Å². The lowest BCUT2D eigenvalue weighted by atomic mass is 10.1. The van der Waals surface area contributed by atoms with E-state index in [1.807, 2.05) is 0 Å². The van der Waals surface area contributed by atoms with Gasteiger partial charge in [0.25, 0.3) is 0 Å². The van der Waals surface area contributed by atoms with E-state index < -0.39 is 0 Å². The average molecular weight is 319 g/mol. The summed E-state index contributed by atoms with van der Waals surface area (Å²) in [5.41, 5.74) is 1.31. The summed E-state index contributed by atoms with van der Waals surface area (Å²) < 4.78 is 6.39. The number of likely N-dealkylation sites (tertiary alicyclic amines) is 2. The van der Waals surface area contributed by atoms with Crippen LogP contribution in [0.3, 0.4) is 0 Å². The van der Waals surface area contributed by atoms with Crippen molar-refractivity contribution in [3.63, 3.8) is 0 Å². The Balaban J connectivity index is 1.52. The number of hydrogen-bond acceptors (Lipinski definition) is 1. The highest BCUT2D eigenvalue weighted by Gasteiger charge is 2.25. The van der Waals surface area contributed by atoms with Crippen molar-refractivity contribution in [2.45, 2.75) is 51.2 Å². The van der Waals surface area contributed by atoms with Gasteiger partial charge in [0.15, 0.2) is 6.10 Å². The third-order valence-corrected chi connectivity index (χ3v) is 5.48. The molecule has 0 radical (unpaired) electrons. The van der Waals surface area contributed by atoms with Crippen molar-refractivity contribution in [2.24, 2.45) is 0 Å². The van der Waals surface area contributed by atoms with Gasteiger partial charge in [0.05, 0.1) is 32.8 Å². The summed E-state index contributed by atoms with van der Waals surface area (Å²) in [5, 5.41) is 0. The zero-order chi connectivity index (χ0) is 15.7. The molecule has 3 heteroatoms. The van der Waals surface area contributed by atoms with Crippen molar-refractivity contribution in [3.8, 4) is 0 Å². The molecule has 2 saturated heterocycles. The standard InChI is InChI=1S/C20H32N2O/c1-4-10-19(11-5-1)18-23-20(16-21-12-6-2-7-13-21)17-22-14-8-3-9-15-22/h1,4-5,10-11,20H,2-3,6-9,12-18H2/p+2. The van der Waals surface area contributed by atoms with Crippen LogP contribution in [0.4, 0.5) is 0 Å². The molecule has 2 aliphatic rings. The van der Waals surface area contributed by atoms with E-state index in [4.69, 9.17) is 4.74 Å². The summed E-state index contributed by atoms with van der Waals surface area (Å²) in [7, 11) is 0. The maximum absolute atomic E-state index is 6.39. The van der Waals surface area contributed by atoms with Gasteiger partial charge >= 0.3 is 0 Å². The molecule has 128 valence electrons.